The Bertz CT molecular complexity index is 469. The minimum atomic E-state index is 0.0251. The van der Waals surface area contributed by atoms with Crippen LogP contribution in [0.15, 0.2) is 30.9 Å². The summed E-state index contributed by atoms with van der Waals surface area (Å²) < 4.78 is 1.89. The summed E-state index contributed by atoms with van der Waals surface area (Å²) in [6.45, 7) is 1.43. The number of amides is 1. The van der Waals surface area contributed by atoms with Gasteiger partial charge in [-0.05, 0) is 6.07 Å². The first-order chi connectivity index (χ1) is 7.84. The summed E-state index contributed by atoms with van der Waals surface area (Å²) in [5.41, 5.74) is 0.610. The molecule has 0 unspecified atom stereocenters. The SMILES string of the molecule is O=C(c1cn[nH]c1)N1CC(n2cccn2)C1. The van der Waals surface area contributed by atoms with Crippen molar-refractivity contribution in [1.29, 1.82) is 0 Å². The molecule has 0 radical (unpaired) electrons. The van der Waals surface area contributed by atoms with Crippen LogP contribution >= 0.6 is 0 Å². The van der Waals surface area contributed by atoms with Gasteiger partial charge in [0, 0.05) is 31.7 Å². The Labute approximate surface area is 91.9 Å². The Balaban J connectivity index is 1.64. The molecule has 1 aliphatic heterocycles. The van der Waals surface area contributed by atoms with Crippen molar-refractivity contribution in [2.75, 3.05) is 13.1 Å². The van der Waals surface area contributed by atoms with Crippen LogP contribution in [-0.2, 0) is 0 Å². The van der Waals surface area contributed by atoms with Crippen LogP contribution in [0.2, 0.25) is 0 Å². The molecule has 0 saturated carbocycles. The lowest BCUT2D eigenvalue weighted by atomic mass is 10.1. The number of nitrogens with zero attached hydrogens (tertiary/aromatic N) is 4. The van der Waals surface area contributed by atoms with Crippen LogP contribution in [-0.4, -0.2) is 43.9 Å². The molecular weight excluding hydrogens is 206 g/mol. The number of aromatic nitrogens is 4. The molecule has 1 saturated heterocycles. The van der Waals surface area contributed by atoms with Gasteiger partial charge in [-0.15, -0.1) is 0 Å². The normalized spacial score (nSPS) is 16.1. The topological polar surface area (TPSA) is 66.8 Å². The fraction of sp³-hybridized carbons (Fsp3) is 0.300. The van der Waals surface area contributed by atoms with Gasteiger partial charge in [0.2, 0.25) is 0 Å². The molecule has 1 amide bonds. The lowest BCUT2D eigenvalue weighted by Gasteiger charge is -2.38. The standard InChI is InChI=1S/C10H11N5O/c16-10(8-4-11-12-5-8)14-6-9(7-14)15-3-1-2-13-15/h1-5,9H,6-7H2,(H,11,12). The third-order valence-corrected chi connectivity index (χ3v) is 2.79. The van der Waals surface area contributed by atoms with Crippen molar-refractivity contribution in [3.05, 3.63) is 36.4 Å². The minimum Gasteiger partial charge on any atom is -0.334 e. The van der Waals surface area contributed by atoms with E-state index in [1.165, 1.54) is 0 Å². The van der Waals surface area contributed by atoms with E-state index >= 15 is 0 Å². The molecule has 3 rings (SSSR count). The lowest BCUT2D eigenvalue weighted by Crippen LogP contribution is -2.50. The molecule has 6 heteroatoms. The molecule has 82 valence electrons. The Kier molecular flexibility index (Phi) is 1.99. The number of likely N-dealkylation sites (tertiary alicyclic amines) is 1. The van der Waals surface area contributed by atoms with Crippen molar-refractivity contribution < 1.29 is 4.79 Å². The van der Waals surface area contributed by atoms with E-state index in [-0.39, 0.29) is 5.91 Å². The van der Waals surface area contributed by atoms with Crippen molar-refractivity contribution in [2.24, 2.45) is 0 Å². The maximum absolute atomic E-state index is 11.8. The van der Waals surface area contributed by atoms with E-state index in [1.54, 1.807) is 23.5 Å². The summed E-state index contributed by atoms with van der Waals surface area (Å²) in [5.74, 6) is 0.0251. The van der Waals surface area contributed by atoms with Crippen LogP contribution in [0.3, 0.4) is 0 Å². The van der Waals surface area contributed by atoms with Crippen molar-refractivity contribution in [3.63, 3.8) is 0 Å². The second-order valence-corrected chi connectivity index (χ2v) is 3.84. The Morgan fingerprint density at radius 3 is 3.00 bits per heavy atom. The molecule has 0 spiro atoms. The molecule has 3 heterocycles. The van der Waals surface area contributed by atoms with Gasteiger partial charge in [0.25, 0.3) is 5.91 Å². The fourth-order valence-electron chi connectivity index (χ4n) is 1.84. The van der Waals surface area contributed by atoms with Crippen molar-refractivity contribution in [3.8, 4) is 0 Å². The number of H-pyrrole nitrogens is 1. The van der Waals surface area contributed by atoms with E-state index in [1.807, 2.05) is 16.9 Å². The van der Waals surface area contributed by atoms with E-state index in [0.717, 1.165) is 0 Å². The van der Waals surface area contributed by atoms with E-state index in [0.29, 0.717) is 24.7 Å². The van der Waals surface area contributed by atoms with Crippen molar-refractivity contribution >= 4 is 5.91 Å². The summed E-state index contributed by atoms with van der Waals surface area (Å²) in [6.07, 6.45) is 6.83. The number of aromatic amines is 1. The van der Waals surface area contributed by atoms with Crippen LogP contribution in [0.1, 0.15) is 16.4 Å². The number of nitrogens with one attached hydrogen (secondary N) is 1. The molecule has 0 aromatic carbocycles. The second kappa shape index (κ2) is 3.48. The average Bonchev–Trinajstić information content (AvgIpc) is 2.88. The maximum atomic E-state index is 11.8. The van der Waals surface area contributed by atoms with Crippen LogP contribution in [0.5, 0.6) is 0 Å². The third-order valence-electron chi connectivity index (χ3n) is 2.79. The molecule has 1 aliphatic rings. The zero-order valence-electron chi connectivity index (χ0n) is 8.58. The van der Waals surface area contributed by atoms with Gasteiger partial charge in [-0.3, -0.25) is 14.6 Å². The molecule has 1 fully saturated rings. The van der Waals surface area contributed by atoms with Gasteiger partial charge in [0.05, 0.1) is 17.8 Å². The van der Waals surface area contributed by atoms with Gasteiger partial charge in [-0.25, -0.2) is 0 Å². The molecule has 0 atom stereocenters. The van der Waals surface area contributed by atoms with Gasteiger partial charge < -0.3 is 4.90 Å². The molecule has 2 aromatic rings. The highest BCUT2D eigenvalue weighted by Gasteiger charge is 2.32. The summed E-state index contributed by atoms with van der Waals surface area (Å²) in [5, 5.41) is 10.6. The monoisotopic (exact) mass is 217 g/mol. The van der Waals surface area contributed by atoms with Gasteiger partial charge in [-0.1, -0.05) is 0 Å². The highest BCUT2D eigenvalue weighted by atomic mass is 16.2. The van der Waals surface area contributed by atoms with Crippen molar-refractivity contribution in [1.82, 2.24) is 24.9 Å². The van der Waals surface area contributed by atoms with E-state index in [9.17, 15) is 4.79 Å². The van der Waals surface area contributed by atoms with E-state index in [4.69, 9.17) is 0 Å². The first kappa shape index (κ1) is 9.14. The molecular formula is C10H11N5O. The first-order valence-corrected chi connectivity index (χ1v) is 5.12. The number of carbonyl (C=O) groups excluding carboxylic acids is 1. The predicted molar refractivity (Wildman–Crippen MR) is 55.8 cm³/mol. The lowest BCUT2D eigenvalue weighted by molar-refractivity contribution is 0.0501. The quantitative estimate of drug-likeness (QED) is 0.786. The average molecular weight is 217 g/mol. The van der Waals surface area contributed by atoms with Gasteiger partial charge in [0.15, 0.2) is 0 Å². The Hall–Kier alpha value is -2.11. The van der Waals surface area contributed by atoms with Gasteiger partial charge >= 0.3 is 0 Å². The number of hydrogen-bond acceptors (Lipinski definition) is 3. The smallest absolute Gasteiger partial charge is 0.257 e. The van der Waals surface area contributed by atoms with E-state index in [2.05, 4.69) is 15.3 Å². The second-order valence-electron chi connectivity index (χ2n) is 3.84. The highest BCUT2D eigenvalue weighted by Crippen LogP contribution is 2.21. The molecule has 6 nitrogen and oxygen atoms in total. The Morgan fingerprint density at radius 2 is 2.38 bits per heavy atom. The van der Waals surface area contributed by atoms with E-state index < -0.39 is 0 Å². The van der Waals surface area contributed by atoms with Gasteiger partial charge in [-0.2, -0.15) is 10.2 Å². The summed E-state index contributed by atoms with van der Waals surface area (Å²) >= 11 is 0. The van der Waals surface area contributed by atoms with Crippen LogP contribution < -0.4 is 0 Å². The number of carbonyl (C=O) groups is 1. The van der Waals surface area contributed by atoms with Crippen LogP contribution in [0.4, 0.5) is 0 Å². The number of rotatable bonds is 2. The zero-order valence-corrected chi connectivity index (χ0v) is 8.58. The minimum absolute atomic E-state index is 0.0251. The molecule has 0 bridgehead atoms. The first-order valence-electron chi connectivity index (χ1n) is 5.12. The fourth-order valence-corrected chi connectivity index (χ4v) is 1.84. The summed E-state index contributed by atoms with van der Waals surface area (Å²) in [4.78, 5) is 13.6. The highest BCUT2D eigenvalue weighted by molar-refractivity contribution is 5.94. The van der Waals surface area contributed by atoms with Crippen LogP contribution in [0, 0.1) is 0 Å². The summed E-state index contributed by atoms with van der Waals surface area (Å²) in [7, 11) is 0. The number of hydrogen-bond donors (Lipinski definition) is 1. The summed E-state index contributed by atoms with van der Waals surface area (Å²) in [6, 6.07) is 2.20. The Morgan fingerprint density at radius 1 is 1.50 bits per heavy atom. The van der Waals surface area contributed by atoms with Crippen LogP contribution in [0.25, 0.3) is 0 Å². The third kappa shape index (κ3) is 1.39. The molecule has 0 aliphatic carbocycles. The molecule has 16 heavy (non-hydrogen) atoms. The maximum Gasteiger partial charge on any atom is 0.257 e. The molecule has 1 N–H and O–H groups in total. The molecule has 2 aromatic heterocycles. The zero-order chi connectivity index (χ0) is 11.0. The van der Waals surface area contributed by atoms with Gasteiger partial charge in [0.1, 0.15) is 0 Å². The largest absolute Gasteiger partial charge is 0.334 e. The predicted octanol–water partition coefficient (Wildman–Crippen LogP) is 0.303. The van der Waals surface area contributed by atoms with Crippen molar-refractivity contribution in [2.45, 2.75) is 6.04 Å².